The fourth-order valence-corrected chi connectivity index (χ4v) is 4.45. The first-order valence-electron chi connectivity index (χ1n) is 9.30. The van der Waals surface area contributed by atoms with Crippen LogP contribution in [0, 0.1) is 0 Å². The van der Waals surface area contributed by atoms with Gasteiger partial charge in [-0.25, -0.2) is 8.42 Å². The van der Waals surface area contributed by atoms with Gasteiger partial charge in [0, 0.05) is 11.4 Å². The zero-order valence-corrected chi connectivity index (χ0v) is 19.5. The third-order valence-electron chi connectivity index (χ3n) is 4.43. The van der Waals surface area contributed by atoms with Gasteiger partial charge in [0.2, 0.25) is 5.91 Å². The summed E-state index contributed by atoms with van der Waals surface area (Å²) in [5.74, 6) is 0.380. The van der Waals surface area contributed by atoms with Crippen molar-refractivity contribution in [3.05, 3.63) is 76.3 Å². The average Bonchev–Trinajstić information content (AvgIpc) is 2.76. The number of rotatable bonds is 8. The fraction of sp³-hybridized carbons (Fsp3) is 0.136. The first kappa shape index (κ1) is 23.7. The highest BCUT2D eigenvalue weighted by Crippen LogP contribution is 2.29. The van der Waals surface area contributed by atoms with Crippen LogP contribution >= 0.6 is 23.2 Å². The number of ether oxygens (including phenoxy) is 2. The normalized spacial score (nSPS) is 11.0. The minimum atomic E-state index is -4.00. The quantitative estimate of drug-likeness (QED) is 0.459. The molecule has 7 nitrogen and oxygen atoms in total. The largest absolute Gasteiger partial charge is 0.497 e. The third-order valence-corrected chi connectivity index (χ3v) is 6.57. The van der Waals surface area contributed by atoms with Crippen molar-refractivity contribution in [1.82, 2.24) is 0 Å². The van der Waals surface area contributed by atoms with E-state index in [9.17, 15) is 13.2 Å². The summed E-state index contributed by atoms with van der Waals surface area (Å²) >= 11 is 11.9. The first-order chi connectivity index (χ1) is 15.2. The van der Waals surface area contributed by atoms with Crippen molar-refractivity contribution in [1.29, 1.82) is 0 Å². The van der Waals surface area contributed by atoms with Gasteiger partial charge in [-0.1, -0.05) is 29.3 Å². The Balaban J connectivity index is 1.80. The fourth-order valence-electron chi connectivity index (χ4n) is 2.87. The van der Waals surface area contributed by atoms with Gasteiger partial charge in [-0.15, -0.1) is 0 Å². The number of methoxy groups -OCH3 is 2. The van der Waals surface area contributed by atoms with E-state index < -0.39 is 10.0 Å². The number of amides is 1. The monoisotopic (exact) mass is 494 g/mol. The molecule has 0 spiro atoms. The van der Waals surface area contributed by atoms with E-state index in [0.717, 1.165) is 0 Å². The summed E-state index contributed by atoms with van der Waals surface area (Å²) in [6.45, 7) is 0. The second-order valence-electron chi connectivity index (χ2n) is 6.67. The molecule has 32 heavy (non-hydrogen) atoms. The van der Waals surface area contributed by atoms with E-state index in [4.69, 9.17) is 32.7 Å². The Morgan fingerprint density at radius 3 is 2.19 bits per heavy atom. The van der Waals surface area contributed by atoms with Gasteiger partial charge in [0.05, 0.1) is 30.7 Å². The Bertz CT molecular complexity index is 1230. The number of hydrogen-bond donors (Lipinski definition) is 2. The Hall–Kier alpha value is -2.94. The van der Waals surface area contributed by atoms with Gasteiger partial charge < -0.3 is 14.8 Å². The Morgan fingerprint density at radius 2 is 1.56 bits per heavy atom. The van der Waals surface area contributed by atoms with Crippen molar-refractivity contribution in [3.63, 3.8) is 0 Å². The number of sulfonamides is 1. The van der Waals surface area contributed by atoms with E-state index >= 15 is 0 Å². The Kier molecular flexibility index (Phi) is 7.50. The lowest BCUT2D eigenvalue weighted by atomic mass is 10.1. The molecule has 2 N–H and O–H groups in total. The highest BCUT2D eigenvalue weighted by atomic mass is 35.5. The Morgan fingerprint density at radius 1 is 0.875 bits per heavy atom. The highest BCUT2D eigenvalue weighted by molar-refractivity contribution is 7.92. The SMILES string of the molecule is COc1ccc(NS(=O)(=O)c2cc(NC(=O)Cc3ccc(Cl)c(Cl)c3)ccc2OC)cc1. The lowest BCUT2D eigenvalue weighted by Gasteiger charge is -2.14. The van der Waals surface area contributed by atoms with Crippen LogP contribution in [0.5, 0.6) is 11.5 Å². The molecule has 0 aliphatic rings. The molecule has 3 aromatic carbocycles. The molecule has 0 saturated carbocycles. The second-order valence-corrected chi connectivity index (χ2v) is 9.14. The maximum absolute atomic E-state index is 13.0. The van der Waals surface area contributed by atoms with E-state index in [1.165, 1.54) is 26.4 Å². The summed E-state index contributed by atoms with van der Waals surface area (Å²) in [7, 11) is -1.12. The number of halogens is 2. The van der Waals surface area contributed by atoms with Crippen molar-refractivity contribution in [2.24, 2.45) is 0 Å². The number of nitrogens with one attached hydrogen (secondary N) is 2. The van der Waals surface area contributed by atoms with Crippen LogP contribution in [0.2, 0.25) is 10.0 Å². The maximum atomic E-state index is 13.0. The van der Waals surface area contributed by atoms with Gasteiger partial charge in [-0.3, -0.25) is 9.52 Å². The molecule has 3 rings (SSSR count). The smallest absolute Gasteiger partial charge is 0.265 e. The summed E-state index contributed by atoms with van der Waals surface area (Å²) in [6, 6.07) is 15.7. The van der Waals surface area contributed by atoms with E-state index in [0.29, 0.717) is 32.7 Å². The summed E-state index contributed by atoms with van der Waals surface area (Å²) in [4.78, 5) is 12.3. The van der Waals surface area contributed by atoms with Crippen LogP contribution < -0.4 is 19.5 Å². The van der Waals surface area contributed by atoms with Crippen LogP contribution in [-0.2, 0) is 21.2 Å². The van der Waals surface area contributed by atoms with Crippen molar-refractivity contribution < 1.29 is 22.7 Å². The average molecular weight is 495 g/mol. The number of hydrogen-bond acceptors (Lipinski definition) is 5. The minimum absolute atomic E-state index is 0.0368. The lowest BCUT2D eigenvalue weighted by Crippen LogP contribution is -2.17. The summed E-state index contributed by atoms with van der Waals surface area (Å²) < 4.78 is 38.7. The topological polar surface area (TPSA) is 93.7 Å². The standard InChI is InChI=1S/C22H20Cl2N2O5S/c1-30-17-7-4-15(5-8-17)26-32(28,29)21-13-16(6-10-20(21)31-2)25-22(27)12-14-3-9-18(23)19(24)11-14/h3-11,13,26H,12H2,1-2H3,(H,25,27). The maximum Gasteiger partial charge on any atom is 0.265 e. The van der Waals surface area contributed by atoms with Crippen LogP contribution in [-0.4, -0.2) is 28.5 Å². The van der Waals surface area contributed by atoms with E-state index in [1.807, 2.05) is 0 Å². The van der Waals surface area contributed by atoms with Crippen molar-refractivity contribution >= 4 is 50.5 Å². The van der Waals surface area contributed by atoms with Crippen molar-refractivity contribution in [2.75, 3.05) is 24.3 Å². The molecule has 168 valence electrons. The molecular formula is C22H20Cl2N2O5S. The van der Waals surface area contributed by atoms with Crippen LogP contribution in [0.15, 0.2) is 65.6 Å². The number of anilines is 2. The van der Waals surface area contributed by atoms with E-state index in [-0.39, 0.29) is 23.0 Å². The first-order valence-corrected chi connectivity index (χ1v) is 11.5. The Labute approximate surface area is 196 Å². The van der Waals surface area contributed by atoms with Crippen LogP contribution in [0.25, 0.3) is 0 Å². The predicted octanol–water partition coefficient (Wildman–Crippen LogP) is 4.99. The summed E-state index contributed by atoms with van der Waals surface area (Å²) in [5, 5.41) is 3.43. The van der Waals surface area contributed by atoms with Gasteiger partial charge in [-0.2, -0.15) is 0 Å². The molecule has 10 heteroatoms. The van der Waals surface area contributed by atoms with Gasteiger partial charge >= 0.3 is 0 Å². The zero-order chi connectivity index (χ0) is 23.3. The highest BCUT2D eigenvalue weighted by Gasteiger charge is 2.21. The minimum Gasteiger partial charge on any atom is -0.497 e. The van der Waals surface area contributed by atoms with Gasteiger partial charge in [0.1, 0.15) is 16.4 Å². The van der Waals surface area contributed by atoms with E-state index in [1.54, 1.807) is 48.5 Å². The molecule has 1 amide bonds. The molecule has 0 heterocycles. The molecule has 0 aliphatic heterocycles. The summed E-state index contributed by atoms with van der Waals surface area (Å²) in [5.41, 5.74) is 1.31. The zero-order valence-electron chi connectivity index (χ0n) is 17.2. The molecule has 0 radical (unpaired) electrons. The number of carbonyl (C=O) groups excluding carboxylic acids is 1. The molecule has 3 aromatic rings. The molecular weight excluding hydrogens is 475 g/mol. The molecule has 0 fully saturated rings. The molecule has 0 bridgehead atoms. The van der Waals surface area contributed by atoms with Crippen LogP contribution in [0.1, 0.15) is 5.56 Å². The van der Waals surface area contributed by atoms with Crippen molar-refractivity contribution in [2.45, 2.75) is 11.3 Å². The van der Waals surface area contributed by atoms with Crippen molar-refractivity contribution in [3.8, 4) is 11.5 Å². The summed E-state index contributed by atoms with van der Waals surface area (Å²) in [6.07, 6.45) is 0.0368. The predicted molar refractivity (Wildman–Crippen MR) is 126 cm³/mol. The van der Waals surface area contributed by atoms with Gasteiger partial charge in [0.25, 0.3) is 10.0 Å². The molecule has 0 saturated heterocycles. The van der Waals surface area contributed by atoms with Crippen LogP contribution in [0.3, 0.4) is 0 Å². The molecule has 0 unspecified atom stereocenters. The van der Waals surface area contributed by atoms with Crippen LogP contribution in [0.4, 0.5) is 11.4 Å². The van der Waals surface area contributed by atoms with Gasteiger partial charge in [0.15, 0.2) is 0 Å². The number of carbonyl (C=O) groups is 1. The number of benzene rings is 3. The molecule has 0 aliphatic carbocycles. The molecule has 0 atom stereocenters. The van der Waals surface area contributed by atoms with Gasteiger partial charge in [-0.05, 0) is 60.2 Å². The van der Waals surface area contributed by atoms with E-state index in [2.05, 4.69) is 10.0 Å². The molecule has 0 aromatic heterocycles. The third kappa shape index (κ3) is 5.85. The second kappa shape index (κ2) is 10.1. The lowest BCUT2D eigenvalue weighted by molar-refractivity contribution is -0.115.